The quantitative estimate of drug-likeness (QED) is 0.786. The molecule has 1 atom stereocenters. The SMILES string of the molecule is O=C1N[C@@H](OCc2ccccc2)CO1. The molecule has 0 radical (unpaired) electrons. The molecule has 1 amide bonds. The molecule has 74 valence electrons. The first-order valence-corrected chi connectivity index (χ1v) is 4.43. The van der Waals surface area contributed by atoms with Crippen molar-refractivity contribution in [2.24, 2.45) is 0 Å². The molecule has 1 fully saturated rings. The van der Waals surface area contributed by atoms with E-state index < -0.39 is 6.09 Å². The van der Waals surface area contributed by atoms with Crippen molar-refractivity contribution in [3.63, 3.8) is 0 Å². The van der Waals surface area contributed by atoms with Gasteiger partial charge in [-0.3, -0.25) is 5.32 Å². The van der Waals surface area contributed by atoms with Crippen LogP contribution in [-0.2, 0) is 16.1 Å². The number of carbonyl (C=O) groups is 1. The maximum atomic E-state index is 10.7. The van der Waals surface area contributed by atoms with Crippen LogP contribution in [0, 0.1) is 0 Å². The number of rotatable bonds is 3. The number of ether oxygens (including phenoxy) is 2. The van der Waals surface area contributed by atoms with Crippen LogP contribution >= 0.6 is 0 Å². The van der Waals surface area contributed by atoms with Crippen LogP contribution in [0.2, 0.25) is 0 Å². The molecule has 0 saturated carbocycles. The molecule has 0 unspecified atom stereocenters. The Bertz CT molecular complexity index is 312. The number of amides is 1. The van der Waals surface area contributed by atoms with E-state index in [0.717, 1.165) is 5.56 Å². The normalized spacial score (nSPS) is 20.3. The lowest BCUT2D eigenvalue weighted by Crippen LogP contribution is -2.28. The topological polar surface area (TPSA) is 47.6 Å². The Labute approximate surface area is 81.8 Å². The Morgan fingerprint density at radius 2 is 2.21 bits per heavy atom. The lowest BCUT2D eigenvalue weighted by atomic mass is 10.2. The van der Waals surface area contributed by atoms with Crippen LogP contribution in [0.4, 0.5) is 4.79 Å². The highest BCUT2D eigenvalue weighted by molar-refractivity contribution is 5.69. The van der Waals surface area contributed by atoms with Gasteiger partial charge in [0.15, 0.2) is 6.23 Å². The standard InChI is InChI=1S/C10H11NO3/c12-10-11-9(7-14-10)13-6-8-4-2-1-3-5-8/h1-5,9H,6-7H2,(H,11,12)/t9-/m0/s1. The Balaban J connectivity index is 1.80. The van der Waals surface area contributed by atoms with Crippen molar-refractivity contribution < 1.29 is 14.3 Å². The monoisotopic (exact) mass is 193 g/mol. The summed E-state index contributed by atoms with van der Waals surface area (Å²) in [4.78, 5) is 10.7. The van der Waals surface area contributed by atoms with Gasteiger partial charge in [0.05, 0.1) is 6.61 Å². The van der Waals surface area contributed by atoms with Crippen molar-refractivity contribution in [1.29, 1.82) is 0 Å². The molecule has 1 heterocycles. The van der Waals surface area contributed by atoms with Crippen molar-refractivity contribution in [1.82, 2.24) is 5.32 Å². The van der Waals surface area contributed by atoms with Gasteiger partial charge >= 0.3 is 6.09 Å². The zero-order valence-corrected chi connectivity index (χ0v) is 7.60. The molecule has 0 bridgehead atoms. The largest absolute Gasteiger partial charge is 0.445 e. The second-order valence-electron chi connectivity index (χ2n) is 3.03. The number of hydrogen-bond acceptors (Lipinski definition) is 3. The lowest BCUT2D eigenvalue weighted by Gasteiger charge is -2.08. The summed E-state index contributed by atoms with van der Waals surface area (Å²) in [5.74, 6) is 0. The summed E-state index contributed by atoms with van der Waals surface area (Å²) in [6.07, 6.45) is -0.731. The van der Waals surface area contributed by atoms with Gasteiger partial charge in [-0.1, -0.05) is 30.3 Å². The molecule has 14 heavy (non-hydrogen) atoms. The summed E-state index contributed by atoms with van der Waals surface area (Å²) in [5.41, 5.74) is 1.08. The van der Waals surface area contributed by atoms with E-state index in [4.69, 9.17) is 4.74 Å². The smallest absolute Gasteiger partial charge is 0.409 e. The third-order valence-electron chi connectivity index (χ3n) is 1.94. The molecule has 1 aliphatic heterocycles. The molecular formula is C10H11NO3. The van der Waals surface area contributed by atoms with Gasteiger partial charge in [-0.25, -0.2) is 4.79 Å². The Morgan fingerprint density at radius 3 is 2.86 bits per heavy atom. The van der Waals surface area contributed by atoms with E-state index in [2.05, 4.69) is 10.1 Å². The number of carbonyl (C=O) groups excluding carboxylic acids is 1. The summed E-state index contributed by atoms with van der Waals surface area (Å²) in [7, 11) is 0. The van der Waals surface area contributed by atoms with Crippen LogP contribution in [-0.4, -0.2) is 18.9 Å². The summed E-state index contributed by atoms with van der Waals surface area (Å²) in [5, 5.41) is 2.54. The minimum absolute atomic E-state index is 0.283. The average molecular weight is 193 g/mol. The summed E-state index contributed by atoms with van der Waals surface area (Å²) >= 11 is 0. The van der Waals surface area contributed by atoms with Gasteiger partial charge in [-0.15, -0.1) is 0 Å². The fourth-order valence-electron chi connectivity index (χ4n) is 1.23. The molecule has 1 saturated heterocycles. The number of hydrogen-bond donors (Lipinski definition) is 1. The molecule has 0 spiro atoms. The van der Waals surface area contributed by atoms with Crippen molar-refractivity contribution in [3.05, 3.63) is 35.9 Å². The van der Waals surface area contributed by atoms with Crippen LogP contribution in [0.1, 0.15) is 5.56 Å². The van der Waals surface area contributed by atoms with Gasteiger partial charge in [0, 0.05) is 0 Å². The third kappa shape index (κ3) is 2.23. The van der Waals surface area contributed by atoms with Crippen LogP contribution in [0.3, 0.4) is 0 Å². The molecule has 0 aliphatic carbocycles. The number of nitrogens with one attached hydrogen (secondary N) is 1. The zero-order chi connectivity index (χ0) is 9.80. The molecule has 1 N–H and O–H groups in total. The van der Waals surface area contributed by atoms with Gasteiger partial charge in [-0.05, 0) is 5.56 Å². The van der Waals surface area contributed by atoms with Gasteiger partial charge in [0.2, 0.25) is 0 Å². The predicted octanol–water partition coefficient (Wildman–Crippen LogP) is 1.27. The highest BCUT2D eigenvalue weighted by Gasteiger charge is 2.22. The molecule has 4 heteroatoms. The second-order valence-corrected chi connectivity index (χ2v) is 3.03. The lowest BCUT2D eigenvalue weighted by molar-refractivity contribution is 0.0235. The Kier molecular flexibility index (Phi) is 2.65. The van der Waals surface area contributed by atoms with Crippen molar-refractivity contribution in [3.8, 4) is 0 Å². The van der Waals surface area contributed by atoms with E-state index in [-0.39, 0.29) is 12.8 Å². The summed E-state index contributed by atoms with van der Waals surface area (Å²) in [6, 6.07) is 9.78. The first-order chi connectivity index (χ1) is 6.84. The second kappa shape index (κ2) is 4.11. The maximum Gasteiger partial charge on any atom is 0.409 e. The minimum atomic E-state index is -0.414. The first kappa shape index (κ1) is 9.02. The third-order valence-corrected chi connectivity index (χ3v) is 1.94. The molecule has 0 aromatic heterocycles. The first-order valence-electron chi connectivity index (χ1n) is 4.43. The minimum Gasteiger partial charge on any atom is -0.445 e. The number of benzene rings is 1. The van der Waals surface area contributed by atoms with Gasteiger partial charge in [-0.2, -0.15) is 0 Å². The van der Waals surface area contributed by atoms with E-state index >= 15 is 0 Å². The van der Waals surface area contributed by atoms with E-state index in [1.807, 2.05) is 30.3 Å². The van der Waals surface area contributed by atoms with Crippen LogP contribution in [0.5, 0.6) is 0 Å². The predicted molar refractivity (Wildman–Crippen MR) is 49.5 cm³/mol. The van der Waals surface area contributed by atoms with Crippen molar-refractivity contribution in [2.75, 3.05) is 6.61 Å². The summed E-state index contributed by atoms with van der Waals surface area (Å²) < 4.78 is 10.1. The van der Waals surface area contributed by atoms with Gasteiger partial charge in [0.1, 0.15) is 6.61 Å². The zero-order valence-electron chi connectivity index (χ0n) is 7.60. The molecule has 1 aliphatic rings. The molecular weight excluding hydrogens is 182 g/mol. The maximum absolute atomic E-state index is 10.7. The van der Waals surface area contributed by atoms with E-state index in [1.54, 1.807) is 0 Å². The summed E-state index contributed by atoms with van der Waals surface area (Å²) in [6.45, 7) is 0.765. The van der Waals surface area contributed by atoms with Crippen LogP contribution in [0.25, 0.3) is 0 Å². The van der Waals surface area contributed by atoms with Crippen molar-refractivity contribution in [2.45, 2.75) is 12.8 Å². The Hall–Kier alpha value is -1.55. The fraction of sp³-hybridized carbons (Fsp3) is 0.300. The Morgan fingerprint density at radius 1 is 1.43 bits per heavy atom. The van der Waals surface area contributed by atoms with Crippen molar-refractivity contribution >= 4 is 6.09 Å². The van der Waals surface area contributed by atoms with Crippen LogP contribution < -0.4 is 5.32 Å². The molecule has 4 nitrogen and oxygen atoms in total. The van der Waals surface area contributed by atoms with E-state index in [0.29, 0.717) is 6.61 Å². The van der Waals surface area contributed by atoms with E-state index in [1.165, 1.54) is 0 Å². The van der Waals surface area contributed by atoms with Crippen LogP contribution in [0.15, 0.2) is 30.3 Å². The van der Waals surface area contributed by atoms with E-state index in [9.17, 15) is 4.79 Å². The fourth-order valence-corrected chi connectivity index (χ4v) is 1.23. The van der Waals surface area contributed by atoms with Gasteiger partial charge < -0.3 is 9.47 Å². The number of alkyl carbamates (subject to hydrolysis) is 1. The average Bonchev–Trinajstić information content (AvgIpc) is 2.63. The van der Waals surface area contributed by atoms with Gasteiger partial charge in [0.25, 0.3) is 0 Å². The highest BCUT2D eigenvalue weighted by Crippen LogP contribution is 2.05. The molecule has 2 rings (SSSR count). The molecule has 1 aromatic rings. The molecule has 1 aromatic carbocycles. The number of cyclic esters (lactones) is 1. The highest BCUT2D eigenvalue weighted by atomic mass is 16.6.